The summed E-state index contributed by atoms with van der Waals surface area (Å²) in [6, 6.07) is 42.6. The van der Waals surface area contributed by atoms with Crippen LogP contribution in [-0.2, 0) is 0 Å². The number of hydrogen-bond acceptors (Lipinski definition) is 4. The smallest absolute Gasteiger partial charge is 0.161 e. The Labute approximate surface area is 244 Å². The molecule has 0 aliphatic carbocycles. The number of H-pyrrole nitrogens is 1. The molecule has 0 unspecified atom stereocenters. The Bertz CT molecular complexity index is 1730. The van der Waals surface area contributed by atoms with Gasteiger partial charge in [-0.2, -0.15) is 0 Å². The second-order valence-electron chi connectivity index (χ2n) is 9.41. The van der Waals surface area contributed by atoms with Gasteiger partial charge in [0.25, 0.3) is 0 Å². The van der Waals surface area contributed by atoms with Crippen LogP contribution in [0.1, 0.15) is 0 Å². The molecule has 0 spiro atoms. The SMILES string of the molecule is COc1ccc(-c2nc(-c3ccc(N(c4ccccc4)c4ccccc4)cc3)[nH]c2-c2ccccc2Cl)cc1OC. The Hall–Kier alpha value is -5.00. The van der Waals surface area contributed by atoms with Gasteiger partial charge in [0, 0.05) is 38.8 Å². The molecule has 0 saturated carbocycles. The molecule has 0 radical (unpaired) electrons. The number of halogens is 1. The van der Waals surface area contributed by atoms with Crippen LogP contribution in [0, 0.1) is 0 Å². The maximum absolute atomic E-state index is 6.65. The molecule has 0 atom stereocenters. The van der Waals surface area contributed by atoms with E-state index in [0.717, 1.165) is 51.0 Å². The summed E-state index contributed by atoms with van der Waals surface area (Å²) in [5.41, 5.74) is 7.52. The summed E-state index contributed by atoms with van der Waals surface area (Å²) in [5.74, 6) is 2.02. The molecule has 1 heterocycles. The Morgan fingerprint density at radius 2 is 1.17 bits per heavy atom. The van der Waals surface area contributed by atoms with Gasteiger partial charge in [-0.15, -0.1) is 0 Å². The third kappa shape index (κ3) is 5.28. The average molecular weight is 558 g/mol. The number of nitrogens with zero attached hydrogens (tertiary/aromatic N) is 2. The minimum absolute atomic E-state index is 0.630. The molecule has 41 heavy (non-hydrogen) atoms. The highest BCUT2D eigenvalue weighted by Crippen LogP contribution is 2.40. The first-order valence-corrected chi connectivity index (χ1v) is 13.6. The van der Waals surface area contributed by atoms with Crippen LogP contribution in [0.3, 0.4) is 0 Å². The van der Waals surface area contributed by atoms with Crippen molar-refractivity contribution in [2.75, 3.05) is 19.1 Å². The van der Waals surface area contributed by atoms with Crippen molar-refractivity contribution >= 4 is 28.7 Å². The van der Waals surface area contributed by atoms with E-state index in [4.69, 9.17) is 26.1 Å². The van der Waals surface area contributed by atoms with Crippen LogP contribution >= 0.6 is 11.6 Å². The molecule has 202 valence electrons. The summed E-state index contributed by atoms with van der Waals surface area (Å²) in [6.45, 7) is 0. The maximum Gasteiger partial charge on any atom is 0.161 e. The number of rotatable bonds is 8. The third-order valence-corrected chi connectivity index (χ3v) is 7.26. The van der Waals surface area contributed by atoms with E-state index in [1.807, 2.05) is 54.6 Å². The Morgan fingerprint density at radius 3 is 1.78 bits per heavy atom. The predicted molar refractivity (Wildman–Crippen MR) is 168 cm³/mol. The van der Waals surface area contributed by atoms with Gasteiger partial charge in [-0.25, -0.2) is 4.98 Å². The molecular formula is C35H28ClN3O2. The predicted octanol–water partition coefficient (Wildman–Crippen LogP) is 9.55. The highest BCUT2D eigenvalue weighted by Gasteiger charge is 2.19. The van der Waals surface area contributed by atoms with E-state index in [1.165, 1.54) is 0 Å². The van der Waals surface area contributed by atoms with Crippen molar-refractivity contribution in [3.63, 3.8) is 0 Å². The average Bonchev–Trinajstić information content (AvgIpc) is 3.48. The van der Waals surface area contributed by atoms with Crippen molar-refractivity contribution in [3.05, 3.63) is 132 Å². The number of methoxy groups -OCH3 is 2. The van der Waals surface area contributed by atoms with E-state index in [9.17, 15) is 0 Å². The summed E-state index contributed by atoms with van der Waals surface area (Å²) in [5, 5.41) is 0.640. The van der Waals surface area contributed by atoms with Gasteiger partial charge in [-0.05, 0) is 72.8 Å². The molecule has 6 aromatic rings. The standard InChI is InChI=1S/C35H28ClN3O2/c1-40-31-22-19-25(23-32(31)41-2)33-34(29-15-9-10-16-30(29)36)38-35(37-33)24-17-20-28(21-18-24)39(26-11-5-3-6-12-26)27-13-7-4-8-14-27/h3-23H,1-2H3,(H,37,38). The molecule has 0 aliphatic heterocycles. The van der Waals surface area contributed by atoms with Crippen LogP contribution in [0.5, 0.6) is 11.5 Å². The number of benzene rings is 5. The molecule has 5 nitrogen and oxygen atoms in total. The fraction of sp³-hybridized carbons (Fsp3) is 0.0571. The molecule has 0 saturated heterocycles. The second-order valence-corrected chi connectivity index (χ2v) is 9.82. The van der Waals surface area contributed by atoms with Gasteiger partial charge in [-0.3, -0.25) is 0 Å². The molecular weight excluding hydrogens is 530 g/mol. The maximum atomic E-state index is 6.65. The molecule has 0 amide bonds. The van der Waals surface area contributed by atoms with Gasteiger partial charge in [-0.1, -0.05) is 66.2 Å². The first kappa shape index (κ1) is 26.2. The number of aromatic nitrogens is 2. The number of para-hydroxylation sites is 2. The van der Waals surface area contributed by atoms with Gasteiger partial charge in [0.2, 0.25) is 0 Å². The van der Waals surface area contributed by atoms with Crippen LogP contribution < -0.4 is 14.4 Å². The summed E-state index contributed by atoms with van der Waals surface area (Å²) in [7, 11) is 3.25. The molecule has 5 aromatic carbocycles. The lowest BCUT2D eigenvalue weighted by molar-refractivity contribution is 0.355. The summed E-state index contributed by atoms with van der Waals surface area (Å²) in [6.07, 6.45) is 0. The van der Waals surface area contributed by atoms with Gasteiger partial charge in [0.15, 0.2) is 11.5 Å². The van der Waals surface area contributed by atoms with Crippen molar-refractivity contribution in [3.8, 4) is 45.4 Å². The molecule has 0 aliphatic rings. The highest BCUT2D eigenvalue weighted by molar-refractivity contribution is 6.33. The lowest BCUT2D eigenvalue weighted by Crippen LogP contribution is -2.09. The lowest BCUT2D eigenvalue weighted by Gasteiger charge is -2.25. The zero-order valence-electron chi connectivity index (χ0n) is 22.7. The monoisotopic (exact) mass is 557 g/mol. The number of anilines is 3. The zero-order valence-corrected chi connectivity index (χ0v) is 23.5. The largest absolute Gasteiger partial charge is 0.493 e. The summed E-state index contributed by atoms with van der Waals surface area (Å²) < 4.78 is 11.0. The molecule has 0 fully saturated rings. The van der Waals surface area contributed by atoms with Crippen molar-refractivity contribution in [1.29, 1.82) is 0 Å². The van der Waals surface area contributed by atoms with Gasteiger partial charge in [0.1, 0.15) is 5.82 Å². The Morgan fingerprint density at radius 1 is 0.610 bits per heavy atom. The normalized spacial score (nSPS) is 10.8. The lowest BCUT2D eigenvalue weighted by atomic mass is 10.0. The van der Waals surface area contributed by atoms with Crippen molar-refractivity contribution in [2.24, 2.45) is 0 Å². The third-order valence-electron chi connectivity index (χ3n) is 6.93. The first-order chi connectivity index (χ1) is 20.2. The Balaban J connectivity index is 1.44. The summed E-state index contributed by atoms with van der Waals surface area (Å²) >= 11 is 6.65. The first-order valence-electron chi connectivity index (χ1n) is 13.2. The zero-order chi connectivity index (χ0) is 28.2. The fourth-order valence-electron chi connectivity index (χ4n) is 4.93. The van der Waals surface area contributed by atoms with E-state index < -0.39 is 0 Å². The topological polar surface area (TPSA) is 50.4 Å². The van der Waals surface area contributed by atoms with Gasteiger partial charge in [0.05, 0.1) is 25.6 Å². The van der Waals surface area contributed by atoms with Crippen LogP contribution in [0.2, 0.25) is 5.02 Å². The van der Waals surface area contributed by atoms with E-state index in [0.29, 0.717) is 16.5 Å². The van der Waals surface area contributed by atoms with E-state index in [2.05, 4.69) is 82.7 Å². The minimum atomic E-state index is 0.630. The fourth-order valence-corrected chi connectivity index (χ4v) is 5.16. The number of hydrogen-bond donors (Lipinski definition) is 1. The second kappa shape index (κ2) is 11.6. The molecule has 1 N–H and O–H groups in total. The number of aromatic amines is 1. The van der Waals surface area contributed by atoms with Gasteiger partial charge >= 0.3 is 0 Å². The van der Waals surface area contributed by atoms with E-state index in [-0.39, 0.29) is 0 Å². The molecule has 1 aromatic heterocycles. The quantitative estimate of drug-likeness (QED) is 0.202. The van der Waals surface area contributed by atoms with E-state index >= 15 is 0 Å². The Kier molecular flexibility index (Phi) is 7.44. The number of nitrogens with one attached hydrogen (secondary N) is 1. The van der Waals surface area contributed by atoms with Gasteiger partial charge < -0.3 is 19.4 Å². The molecule has 0 bridgehead atoms. The summed E-state index contributed by atoms with van der Waals surface area (Å²) in [4.78, 5) is 10.8. The van der Waals surface area contributed by atoms with Crippen LogP contribution in [0.25, 0.3) is 33.9 Å². The molecule has 6 heteroatoms. The van der Waals surface area contributed by atoms with Crippen molar-refractivity contribution in [2.45, 2.75) is 0 Å². The molecule has 6 rings (SSSR count). The minimum Gasteiger partial charge on any atom is -0.493 e. The highest BCUT2D eigenvalue weighted by atomic mass is 35.5. The van der Waals surface area contributed by atoms with Crippen LogP contribution in [-0.4, -0.2) is 24.2 Å². The van der Waals surface area contributed by atoms with Crippen molar-refractivity contribution in [1.82, 2.24) is 9.97 Å². The van der Waals surface area contributed by atoms with Crippen LogP contribution in [0.4, 0.5) is 17.1 Å². The van der Waals surface area contributed by atoms with Crippen molar-refractivity contribution < 1.29 is 9.47 Å². The number of imidazole rings is 1. The van der Waals surface area contributed by atoms with E-state index in [1.54, 1.807) is 14.2 Å². The van der Waals surface area contributed by atoms with Crippen LogP contribution in [0.15, 0.2) is 127 Å². The number of ether oxygens (including phenoxy) is 2.